The lowest BCUT2D eigenvalue weighted by Gasteiger charge is -2.32. The Morgan fingerprint density at radius 2 is 1.97 bits per heavy atom. The van der Waals surface area contributed by atoms with E-state index in [1.165, 1.54) is 6.07 Å². The number of alkyl halides is 3. The van der Waals surface area contributed by atoms with E-state index in [1.807, 2.05) is 17.0 Å². The fourth-order valence-corrected chi connectivity index (χ4v) is 3.33. The summed E-state index contributed by atoms with van der Waals surface area (Å²) in [7, 11) is 0. The van der Waals surface area contributed by atoms with Crippen molar-refractivity contribution in [3.8, 4) is 5.75 Å². The van der Waals surface area contributed by atoms with Crippen molar-refractivity contribution in [3.05, 3.63) is 64.2 Å². The van der Waals surface area contributed by atoms with E-state index in [9.17, 15) is 18.0 Å². The van der Waals surface area contributed by atoms with Gasteiger partial charge in [-0.15, -0.1) is 0 Å². The van der Waals surface area contributed by atoms with Crippen molar-refractivity contribution in [3.63, 3.8) is 0 Å². The van der Waals surface area contributed by atoms with Crippen molar-refractivity contribution in [2.24, 2.45) is 0 Å². The van der Waals surface area contributed by atoms with E-state index in [0.29, 0.717) is 32.0 Å². The Balaban J connectivity index is 1.59. The minimum absolute atomic E-state index is 0.0809. The molecule has 1 fully saturated rings. The summed E-state index contributed by atoms with van der Waals surface area (Å²) in [5.74, 6) is -0.341. The van der Waals surface area contributed by atoms with Gasteiger partial charge in [-0.25, -0.2) is 0 Å². The predicted octanol–water partition coefficient (Wildman–Crippen LogP) is 4.79. The van der Waals surface area contributed by atoms with Gasteiger partial charge in [0.2, 0.25) is 0 Å². The first-order valence-electron chi connectivity index (χ1n) is 9.36. The molecule has 2 aromatic rings. The SMILES string of the molecule is O=C(O)CCN1CCOC(c2ccc(OCc3cc(C(F)(F)F)ccc3Cl)cc2)C1. The predicted molar refractivity (Wildman–Crippen MR) is 105 cm³/mol. The molecule has 1 aliphatic rings. The van der Waals surface area contributed by atoms with E-state index in [2.05, 4.69) is 0 Å². The number of hydrogen-bond acceptors (Lipinski definition) is 4. The third-order valence-corrected chi connectivity index (χ3v) is 5.18. The Hall–Kier alpha value is -2.29. The molecule has 1 saturated heterocycles. The number of carbonyl (C=O) groups is 1. The van der Waals surface area contributed by atoms with Gasteiger partial charge in [0.05, 0.1) is 24.7 Å². The topological polar surface area (TPSA) is 59.0 Å². The Morgan fingerprint density at radius 3 is 2.63 bits per heavy atom. The van der Waals surface area contributed by atoms with Gasteiger partial charge in [0.25, 0.3) is 0 Å². The number of halogens is 4. The Labute approximate surface area is 177 Å². The standard InChI is InChI=1S/C21H21ClF3NO4/c22-18-6-3-16(21(23,24)25)11-15(18)13-30-17-4-1-14(2-5-17)19-12-26(9-10-29-19)8-7-20(27)28/h1-6,11,19H,7-10,12-13H2,(H,27,28). The fourth-order valence-electron chi connectivity index (χ4n) is 3.16. The quantitative estimate of drug-likeness (QED) is 0.667. The summed E-state index contributed by atoms with van der Waals surface area (Å²) in [6, 6.07) is 10.2. The first kappa shape index (κ1) is 22.4. The summed E-state index contributed by atoms with van der Waals surface area (Å²) in [5.41, 5.74) is 0.391. The number of aliphatic carboxylic acids is 1. The van der Waals surface area contributed by atoms with Crippen molar-refractivity contribution in [1.29, 1.82) is 0 Å². The van der Waals surface area contributed by atoms with Crippen LogP contribution in [0.4, 0.5) is 13.2 Å². The van der Waals surface area contributed by atoms with Crippen LogP contribution in [0.1, 0.15) is 29.2 Å². The second-order valence-corrected chi connectivity index (χ2v) is 7.37. The molecule has 0 bridgehead atoms. The maximum absolute atomic E-state index is 12.9. The van der Waals surface area contributed by atoms with Gasteiger partial charge in [-0.3, -0.25) is 9.69 Å². The molecule has 1 atom stereocenters. The van der Waals surface area contributed by atoms with Crippen LogP contribution in [0.3, 0.4) is 0 Å². The van der Waals surface area contributed by atoms with E-state index in [1.54, 1.807) is 12.1 Å². The molecule has 0 saturated carbocycles. The van der Waals surface area contributed by atoms with Gasteiger partial charge in [-0.2, -0.15) is 13.2 Å². The van der Waals surface area contributed by atoms with Crippen LogP contribution in [0.25, 0.3) is 0 Å². The third-order valence-electron chi connectivity index (χ3n) is 4.81. The van der Waals surface area contributed by atoms with Crippen LogP contribution in [0.5, 0.6) is 5.75 Å². The maximum atomic E-state index is 12.9. The number of carboxylic acids is 1. The summed E-state index contributed by atoms with van der Waals surface area (Å²) >= 11 is 5.99. The van der Waals surface area contributed by atoms with Crippen molar-refractivity contribution in [2.75, 3.05) is 26.2 Å². The molecule has 0 radical (unpaired) electrons. The molecule has 0 amide bonds. The molecule has 30 heavy (non-hydrogen) atoms. The van der Waals surface area contributed by atoms with Gasteiger partial charge in [-0.1, -0.05) is 23.7 Å². The van der Waals surface area contributed by atoms with Crippen LogP contribution in [0.15, 0.2) is 42.5 Å². The van der Waals surface area contributed by atoms with Crippen LogP contribution >= 0.6 is 11.6 Å². The monoisotopic (exact) mass is 443 g/mol. The normalized spacial score (nSPS) is 17.7. The third kappa shape index (κ3) is 6.10. The molecule has 0 spiro atoms. The maximum Gasteiger partial charge on any atom is 0.416 e. The Morgan fingerprint density at radius 1 is 1.23 bits per heavy atom. The van der Waals surface area contributed by atoms with Gasteiger partial charge < -0.3 is 14.6 Å². The van der Waals surface area contributed by atoms with E-state index in [0.717, 1.165) is 17.7 Å². The zero-order valence-electron chi connectivity index (χ0n) is 16.0. The zero-order valence-corrected chi connectivity index (χ0v) is 16.7. The smallest absolute Gasteiger partial charge is 0.416 e. The van der Waals surface area contributed by atoms with Crippen molar-refractivity contribution >= 4 is 17.6 Å². The number of benzene rings is 2. The summed E-state index contributed by atoms with van der Waals surface area (Å²) in [6.07, 6.45) is -4.55. The van der Waals surface area contributed by atoms with Crippen LogP contribution < -0.4 is 4.74 Å². The highest BCUT2D eigenvalue weighted by Gasteiger charge is 2.31. The molecule has 0 aliphatic carbocycles. The first-order valence-corrected chi connectivity index (χ1v) is 9.74. The highest BCUT2D eigenvalue weighted by Crippen LogP contribution is 2.32. The second kappa shape index (κ2) is 9.68. The van der Waals surface area contributed by atoms with Crippen LogP contribution in [0.2, 0.25) is 5.02 Å². The minimum atomic E-state index is -4.45. The van der Waals surface area contributed by atoms with Crippen LogP contribution in [-0.2, 0) is 22.3 Å². The highest BCUT2D eigenvalue weighted by atomic mass is 35.5. The molecule has 2 aromatic carbocycles. The van der Waals surface area contributed by atoms with Crippen molar-refractivity contribution in [2.45, 2.75) is 25.3 Å². The molecule has 0 aromatic heterocycles. The molecule has 5 nitrogen and oxygen atoms in total. The average molecular weight is 444 g/mol. The molecule has 1 heterocycles. The number of nitrogens with zero attached hydrogens (tertiary/aromatic N) is 1. The average Bonchev–Trinajstić information content (AvgIpc) is 2.71. The fraction of sp³-hybridized carbons (Fsp3) is 0.381. The summed E-state index contributed by atoms with van der Waals surface area (Å²) in [4.78, 5) is 12.8. The van der Waals surface area contributed by atoms with E-state index >= 15 is 0 Å². The molecule has 162 valence electrons. The van der Waals surface area contributed by atoms with Gasteiger partial charge in [0, 0.05) is 30.2 Å². The number of rotatable bonds is 7. The summed E-state index contributed by atoms with van der Waals surface area (Å²) in [6.45, 7) is 2.16. The zero-order chi connectivity index (χ0) is 21.7. The van der Waals surface area contributed by atoms with Gasteiger partial charge >= 0.3 is 12.1 Å². The Kier molecular flexibility index (Phi) is 7.23. The number of carboxylic acid groups (broad SMARTS) is 1. The van der Waals surface area contributed by atoms with Crippen LogP contribution in [0, 0.1) is 0 Å². The highest BCUT2D eigenvalue weighted by molar-refractivity contribution is 6.31. The molecule has 3 rings (SSSR count). The van der Waals surface area contributed by atoms with Gasteiger partial charge in [0.15, 0.2) is 0 Å². The molecule has 1 aliphatic heterocycles. The number of ether oxygens (including phenoxy) is 2. The lowest BCUT2D eigenvalue weighted by molar-refractivity contribution is -0.138. The first-order chi connectivity index (χ1) is 14.2. The van der Waals surface area contributed by atoms with Gasteiger partial charge in [0.1, 0.15) is 12.4 Å². The summed E-state index contributed by atoms with van der Waals surface area (Å²) < 4.78 is 50.0. The van der Waals surface area contributed by atoms with Crippen molar-refractivity contribution in [1.82, 2.24) is 4.90 Å². The Bertz CT molecular complexity index is 874. The summed E-state index contributed by atoms with van der Waals surface area (Å²) in [5, 5.41) is 9.03. The minimum Gasteiger partial charge on any atom is -0.489 e. The largest absolute Gasteiger partial charge is 0.489 e. The van der Waals surface area contributed by atoms with E-state index in [-0.39, 0.29) is 29.7 Å². The van der Waals surface area contributed by atoms with Gasteiger partial charge in [-0.05, 0) is 35.9 Å². The molecular formula is C21H21ClF3NO4. The molecule has 9 heteroatoms. The van der Waals surface area contributed by atoms with Crippen LogP contribution in [-0.4, -0.2) is 42.2 Å². The number of morpholine rings is 1. The molecular weight excluding hydrogens is 423 g/mol. The number of hydrogen-bond donors (Lipinski definition) is 1. The second-order valence-electron chi connectivity index (χ2n) is 6.97. The van der Waals surface area contributed by atoms with Crippen molar-refractivity contribution < 1.29 is 32.5 Å². The lowest BCUT2D eigenvalue weighted by Crippen LogP contribution is -2.39. The molecule has 1 unspecified atom stereocenters. The lowest BCUT2D eigenvalue weighted by atomic mass is 10.1. The van der Waals surface area contributed by atoms with E-state index in [4.69, 9.17) is 26.2 Å². The van der Waals surface area contributed by atoms with E-state index < -0.39 is 17.7 Å². The molecule has 1 N–H and O–H groups in total.